The zero-order valence-corrected chi connectivity index (χ0v) is 34.2. The van der Waals surface area contributed by atoms with Crippen molar-refractivity contribution >= 4 is 11.8 Å². The van der Waals surface area contributed by atoms with Gasteiger partial charge in [-0.3, -0.25) is 0 Å². The molecule has 2 saturated heterocycles. The number of hydrogen-bond acceptors (Lipinski definition) is 2. The molecule has 4 nitrogen and oxygen atoms in total. The predicted octanol–water partition coefficient (Wildman–Crippen LogP) is 11.7. The van der Waals surface area contributed by atoms with Crippen molar-refractivity contribution in [3.63, 3.8) is 0 Å². The van der Waals surface area contributed by atoms with Gasteiger partial charge in [0, 0.05) is 0 Å². The first-order chi connectivity index (χ1) is 19.4. The van der Waals surface area contributed by atoms with E-state index < -0.39 is 0 Å². The summed E-state index contributed by atoms with van der Waals surface area (Å²) >= 11 is 0. The molecule has 0 bridgehead atoms. The Bertz CT molecular complexity index is 495. The summed E-state index contributed by atoms with van der Waals surface area (Å²) in [6.45, 7) is 10.9. The van der Waals surface area contributed by atoms with Gasteiger partial charge in [-0.15, -0.1) is 13.1 Å². The van der Waals surface area contributed by atoms with Crippen LogP contribution in [0.2, 0.25) is 0 Å². The molecule has 0 spiro atoms. The van der Waals surface area contributed by atoms with Gasteiger partial charge in [0.05, 0.1) is 11.8 Å². The SMILES string of the molecule is CC1CCCC1.CC1CCCC1.CC1CCCC1.CC1CCCC1.O=C1CCCCC[N-]1.O=C1CCCCC[N-]1.[Y+3].[Y+3]. The third kappa shape index (κ3) is 29.8. The third-order valence-electron chi connectivity index (χ3n) is 9.25. The van der Waals surface area contributed by atoms with Crippen LogP contribution in [0.25, 0.3) is 10.6 Å². The topological polar surface area (TPSA) is 62.3 Å². The van der Waals surface area contributed by atoms with Crippen LogP contribution in [0.15, 0.2) is 0 Å². The summed E-state index contributed by atoms with van der Waals surface area (Å²) in [5, 5.41) is 7.57. The minimum atomic E-state index is 0. The maximum atomic E-state index is 10.5. The van der Waals surface area contributed by atoms with Crippen LogP contribution < -0.4 is 0 Å². The van der Waals surface area contributed by atoms with E-state index in [1.165, 1.54) is 116 Å². The van der Waals surface area contributed by atoms with Crippen LogP contribution in [0.4, 0.5) is 0 Å². The van der Waals surface area contributed by atoms with Crippen LogP contribution in [0.5, 0.6) is 0 Å². The Labute approximate surface area is 313 Å². The number of rotatable bonds is 0. The number of nitrogens with zero attached hydrogens (tertiary/aromatic N) is 2. The molecule has 4 saturated carbocycles. The van der Waals surface area contributed by atoms with Gasteiger partial charge in [0.2, 0.25) is 0 Å². The second-order valence-electron chi connectivity index (χ2n) is 13.7. The van der Waals surface area contributed by atoms with Crippen LogP contribution in [0.1, 0.15) is 182 Å². The van der Waals surface area contributed by atoms with Crippen molar-refractivity contribution in [3.8, 4) is 0 Å². The molecule has 0 aromatic carbocycles. The molecule has 6 fully saturated rings. The van der Waals surface area contributed by atoms with E-state index in [-0.39, 0.29) is 77.2 Å². The van der Waals surface area contributed by atoms with Crippen molar-refractivity contribution in [3.05, 3.63) is 10.6 Å². The van der Waals surface area contributed by atoms with Crippen molar-refractivity contribution in [2.24, 2.45) is 23.7 Å². The number of carbonyl (C=O) groups excluding carboxylic acids is 2. The minimum absolute atomic E-state index is 0. The van der Waals surface area contributed by atoms with Crippen LogP contribution in [0.3, 0.4) is 0 Å². The van der Waals surface area contributed by atoms with E-state index in [0.717, 1.165) is 62.4 Å². The molecule has 0 radical (unpaired) electrons. The first kappa shape index (κ1) is 45.3. The maximum Gasteiger partial charge on any atom is 3.00 e. The van der Waals surface area contributed by atoms with Gasteiger partial charge in [0.15, 0.2) is 0 Å². The van der Waals surface area contributed by atoms with Gasteiger partial charge >= 0.3 is 65.4 Å². The summed E-state index contributed by atoms with van der Waals surface area (Å²) in [6.07, 6.45) is 31.8. The Morgan fingerprint density at radius 3 is 0.810 bits per heavy atom. The standard InChI is InChI=1S/2C6H11NO.4C6H12.2Y/c2*8-6-4-2-1-3-5-7-6;4*1-6-4-2-3-5-6;;/h2*1-5H2,(H,7,8);4*6H,2-5H2,1H3;;/q;;;;;;2*+3/p-2. The molecule has 6 heteroatoms. The minimum Gasteiger partial charge on any atom is -0.653 e. The smallest absolute Gasteiger partial charge is 0.653 e. The molecular formula is C36H68N2O2Y2+4. The molecule has 6 rings (SSSR count). The van der Waals surface area contributed by atoms with E-state index in [9.17, 15) is 9.59 Å². The Morgan fingerprint density at radius 1 is 0.381 bits per heavy atom. The molecule has 6 aliphatic rings. The second kappa shape index (κ2) is 32.1. The number of amides is 2. The molecule has 0 aromatic rings. The van der Waals surface area contributed by atoms with Crippen LogP contribution in [0, 0.1) is 23.7 Å². The van der Waals surface area contributed by atoms with Crippen molar-refractivity contribution in [2.45, 2.75) is 182 Å². The third-order valence-corrected chi connectivity index (χ3v) is 9.25. The molecule has 4 aliphatic carbocycles. The quantitative estimate of drug-likeness (QED) is 0.248. The molecule has 236 valence electrons. The van der Waals surface area contributed by atoms with Gasteiger partial charge in [-0.25, -0.2) is 0 Å². The summed E-state index contributed by atoms with van der Waals surface area (Å²) in [5.74, 6) is 4.38. The van der Waals surface area contributed by atoms with E-state index >= 15 is 0 Å². The molecule has 0 atom stereocenters. The zero-order valence-electron chi connectivity index (χ0n) is 28.6. The van der Waals surface area contributed by atoms with Gasteiger partial charge in [-0.05, 0) is 49.4 Å². The van der Waals surface area contributed by atoms with Crippen molar-refractivity contribution in [1.82, 2.24) is 0 Å². The first-order valence-corrected chi connectivity index (χ1v) is 17.8. The molecule has 42 heavy (non-hydrogen) atoms. The molecule has 0 N–H and O–H groups in total. The Hall–Kier alpha value is 1.15. The van der Waals surface area contributed by atoms with E-state index in [1.807, 2.05) is 0 Å². The zero-order chi connectivity index (χ0) is 29.3. The second-order valence-corrected chi connectivity index (χ2v) is 13.7. The van der Waals surface area contributed by atoms with Gasteiger partial charge in [-0.2, -0.15) is 0 Å². The van der Waals surface area contributed by atoms with E-state index in [4.69, 9.17) is 0 Å². The fraction of sp³-hybridized carbons (Fsp3) is 0.944. The molecule has 0 unspecified atom stereocenters. The van der Waals surface area contributed by atoms with Crippen molar-refractivity contribution in [1.29, 1.82) is 0 Å². The van der Waals surface area contributed by atoms with E-state index in [0.29, 0.717) is 12.8 Å². The molecule has 2 amide bonds. The average Bonchev–Trinajstić information content (AvgIpc) is 3.75. The summed E-state index contributed by atoms with van der Waals surface area (Å²) in [7, 11) is 0. The van der Waals surface area contributed by atoms with Crippen LogP contribution in [-0.2, 0) is 75.0 Å². The molecule has 0 aromatic heterocycles. The fourth-order valence-corrected chi connectivity index (χ4v) is 6.21. The molecule has 2 aliphatic heterocycles. The van der Waals surface area contributed by atoms with Crippen molar-refractivity contribution in [2.75, 3.05) is 13.1 Å². The van der Waals surface area contributed by atoms with E-state index in [1.54, 1.807) is 0 Å². The van der Waals surface area contributed by atoms with Crippen LogP contribution >= 0.6 is 0 Å². The fourth-order valence-electron chi connectivity index (χ4n) is 6.21. The van der Waals surface area contributed by atoms with E-state index in [2.05, 4.69) is 38.3 Å². The predicted molar refractivity (Wildman–Crippen MR) is 174 cm³/mol. The summed E-state index contributed by atoms with van der Waals surface area (Å²) < 4.78 is 0. The van der Waals surface area contributed by atoms with Gasteiger partial charge in [-0.1, -0.05) is 156 Å². The summed E-state index contributed by atoms with van der Waals surface area (Å²) in [4.78, 5) is 21.0. The van der Waals surface area contributed by atoms with Gasteiger partial charge in [0.1, 0.15) is 0 Å². The first-order valence-electron chi connectivity index (χ1n) is 17.8. The monoisotopic (exact) mass is 738 g/mol. The Balaban J connectivity index is 0. The Kier molecular flexibility index (Phi) is 34.6. The average molecular weight is 739 g/mol. The van der Waals surface area contributed by atoms with Crippen molar-refractivity contribution < 1.29 is 75.0 Å². The van der Waals surface area contributed by atoms with Gasteiger partial charge in [0.25, 0.3) is 0 Å². The summed E-state index contributed by atoms with van der Waals surface area (Å²) in [5.41, 5.74) is 0. The molecular weight excluding hydrogens is 670 g/mol. The largest absolute Gasteiger partial charge is 3.00 e. The number of carbonyl (C=O) groups is 2. The normalized spacial score (nSPS) is 22.9. The summed E-state index contributed by atoms with van der Waals surface area (Å²) in [6, 6.07) is 0. The number of hydrogen-bond donors (Lipinski definition) is 0. The van der Waals surface area contributed by atoms with Crippen LogP contribution in [-0.4, -0.2) is 24.9 Å². The Morgan fingerprint density at radius 2 is 0.619 bits per heavy atom. The molecule has 2 heterocycles. The van der Waals surface area contributed by atoms with Gasteiger partial charge < -0.3 is 20.2 Å². The maximum absolute atomic E-state index is 10.5.